The highest BCUT2D eigenvalue weighted by Gasteiger charge is 2.56. The molecule has 58 heavy (non-hydrogen) atoms. The van der Waals surface area contributed by atoms with Crippen LogP contribution in [0.2, 0.25) is 0 Å². The summed E-state index contributed by atoms with van der Waals surface area (Å²) in [7, 11) is 0. The van der Waals surface area contributed by atoms with Crippen molar-refractivity contribution in [1.82, 2.24) is 9.13 Å². The maximum absolute atomic E-state index is 2.58. The van der Waals surface area contributed by atoms with Gasteiger partial charge >= 0.3 is 0 Å². The molecule has 0 radical (unpaired) electrons. The molecule has 2 nitrogen and oxygen atoms in total. The van der Waals surface area contributed by atoms with Crippen molar-refractivity contribution >= 4 is 49.6 Å². The Kier molecular flexibility index (Phi) is 6.91. The lowest BCUT2D eigenvalue weighted by atomic mass is 9.64. The van der Waals surface area contributed by atoms with Crippen LogP contribution in [0.15, 0.2) is 188 Å². The highest BCUT2D eigenvalue weighted by Crippen LogP contribution is 2.61. The van der Waals surface area contributed by atoms with Crippen molar-refractivity contribution in [3.05, 3.63) is 210 Å². The quantitative estimate of drug-likeness (QED) is 0.170. The molecule has 2 atom stereocenters. The van der Waals surface area contributed by atoms with Crippen molar-refractivity contribution in [3.63, 3.8) is 0 Å². The highest BCUT2D eigenvalue weighted by molar-refractivity contribution is 6.11. The van der Waals surface area contributed by atoms with Crippen molar-refractivity contribution in [1.29, 1.82) is 0 Å². The van der Waals surface area contributed by atoms with Gasteiger partial charge in [0.15, 0.2) is 0 Å². The summed E-state index contributed by atoms with van der Waals surface area (Å²) in [5.74, 6) is 0.318. The van der Waals surface area contributed by atoms with E-state index in [-0.39, 0.29) is 10.8 Å². The van der Waals surface area contributed by atoms with Crippen LogP contribution in [0.3, 0.4) is 0 Å². The van der Waals surface area contributed by atoms with Gasteiger partial charge in [0.05, 0.1) is 16.6 Å². The normalized spacial score (nSPS) is 17.9. The summed E-state index contributed by atoms with van der Waals surface area (Å²) in [5, 5.41) is 6.32. The van der Waals surface area contributed by atoms with E-state index in [0.717, 1.165) is 0 Å². The van der Waals surface area contributed by atoms with Crippen LogP contribution < -0.4 is 0 Å². The van der Waals surface area contributed by atoms with E-state index in [2.05, 4.69) is 224 Å². The summed E-state index contributed by atoms with van der Waals surface area (Å²) in [4.78, 5) is 0. The summed E-state index contributed by atoms with van der Waals surface area (Å²) in [6.45, 7) is 7.37. The number of hydrogen-bond donors (Lipinski definition) is 0. The molecular formula is C56H42N2. The van der Waals surface area contributed by atoms with E-state index in [9.17, 15) is 0 Å². The first-order valence-corrected chi connectivity index (χ1v) is 20.6. The van der Waals surface area contributed by atoms with Gasteiger partial charge in [-0.15, -0.1) is 0 Å². The van der Waals surface area contributed by atoms with Crippen molar-refractivity contribution in [2.45, 2.75) is 31.6 Å². The van der Waals surface area contributed by atoms with E-state index >= 15 is 0 Å². The maximum atomic E-state index is 2.58. The third kappa shape index (κ3) is 4.54. The first-order chi connectivity index (χ1) is 28.4. The molecule has 2 unspecified atom stereocenters. The van der Waals surface area contributed by atoms with Crippen molar-refractivity contribution in [2.24, 2.45) is 5.92 Å². The number of fused-ring (bicyclic) bond motifs is 11. The van der Waals surface area contributed by atoms with Crippen LogP contribution in [0.4, 0.5) is 0 Å². The second kappa shape index (κ2) is 12.1. The molecule has 0 N–H and O–H groups in total. The third-order valence-electron chi connectivity index (χ3n) is 13.8. The Morgan fingerprint density at radius 2 is 1.00 bits per heavy atom. The smallest absolute Gasteiger partial charge is 0.0541 e. The summed E-state index contributed by atoms with van der Waals surface area (Å²) in [6, 6.07) is 67.5. The molecule has 2 aliphatic rings. The number of hydrogen-bond acceptors (Lipinski definition) is 0. The maximum Gasteiger partial charge on any atom is 0.0541 e. The number of rotatable bonds is 4. The lowest BCUT2D eigenvalue weighted by molar-refractivity contribution is 0.310. The fourth-order valence-corrected chi connectivity index (χ4v) is 11.1. The van der Waals surface area contributed by atoms with Crippen LogP contribution >= 0.6 is 0 Å². The van der Waals surface area contributed by atoms with Crippen LogP contribution in [-0.2, 0) is 10.8 Å². The van der Waals surface area contributed by atoms with E-state index < -0.39 is 0 Å². The number of para-hydroxylation sites is 1. The predicted molar refractivity (Wildman–Crippen MR) is 244 cm³/mol. The molecule has 10 aromatic rings. The van der Waals surface area contributed by atoms with Crippen LogP contribution in [-0.4, -0.2) is 9.13 Å². The zero-order valence-electron chi connectivity index (χ0n) is 32.9. The minimum absolute atomic E-state index is 0.00934. The molecule has 12 rings (SSSR count). The van der Waals surface area contributed by atoms with E-state index in [0.29, 0.717) is 5.92 Å². The molecule has 0 amide bonds. The molecule has 0 bridgehead atoms. The molecular weight excluding hydrogens is 701 g/mol. The molecule has 276 valence electrons. The van der Waals surface area contributed by atoms with Crippen LogP contribution in [0.1, 0.15) is 43.2 Å². The molecule has 0 saturated carbocycles. The lowest BCUT2D eigenvalue weighted by Gasteiger charge is -2.40. The average Bonchev–Trinajstić information content (AvgIpc) is 3.85. The van der Waals surface area contributed by atoms with Gasteiger partial charge in [0, 0.05) is 50.1 Å². The van der Waals surface area contributed by atoms with Crippen LogP contribution in [0.25, 0.3) is 83.2 Å². The largest absolute Gasteiger partial charge is 0.312 e. The fraction of sp³-hybridized carbons (Fsp3) is 0.107. The number of allylic oxidation sites excluding steroid dienone is 1. The molecule has 8 aromatic carbocycles. The lowest BCUT2D eigenvalue weighted by Crippen LogP contribution is -2.38. The Morgan fingerprint density at radius 3 is 1.79 bits per heavy atom. The van der Waals surface area contributed by atoms with Gasteiger partial charge in [0.2, 0.25) is 0 Å². The standard InChI is InChI=1S/C56H42N2/c1-55(2)48-18-10-11-19-49(48)56(3)53(55)32-29-45-47-35-41(25-31-52(47)58(54(45)56)42-26-21-38(22-27-42)36-13-5-4-6-14-36)40-24-30-51-46(34-40)44-17-9-12-20-50(44)57(51)43-28-23-37-15-7-8-16-39(37)33-43/h4-35,53H,1-3H3. The summed E-state index contributed by atoms with van der Waals surface area (Å²) < 4.78 is 5.00. The SMILES string of the molecule is CC1(C)c2ccccc2C2(C)c3c(c4cc(-c5ccc6c(c5)c5ccccc5n6-c5ccc6ccccc6c5)ccc4n3-c3ccc(-c4ccccc4)cc3)C=CC12. The summed E-state index contributed by atoms with van der Waals surface area (Å²) in [5.41, 5.74) is 16.3. The second-order valence-corrected chi connectivity index (χ2v) is 17.2. The molecule has 0 fully saturated rings. The van der Waals surface area contributed by atoms with Crippen molar-refractivity contribution < 1.29 is 0 Å². The molecule has 0 spiro atoms. The third-order valence-corrected chi connectivity index (χ3v) is 13.8. The van der Waals surface area contributed by atoms with Crippen LogP contribution in [0, 0.1) is 5.92 Å². The number of aromatic nitrogens is 2. The van der Waals surface area contributed by atoms with Crippen molar-refractivity contribution in [2.75, 3.05) is 0 Å². The molecule has 2 aromatic heterocycles. The monoisotopic (exact) mass is 742 g/mol. The van der Waals surface area contributed by atoms with E-state index in [1.165, 1.54) is 99.5 Å². The first-order valence-electron chi connectivity index (χ1n) is 20.6. The Morgan fingerprint density at radius 1 is 0.414 bits per heavy atom. The Hall–Kier alpha value is -6.90. The minimum Gasteiger partial charge on any atom is -0.312 e. The number of nitrogens with zero attached hydrogens (tertiary/aromatic N) is 2. The molecule has 2 heterocycles. The first kappa shape index (κ1) is 33.3. The molecule has 2 aliphatic carbocycles. The van der Waals surface area contributed by atoms with Gasteiger partial charge in [0.25, 0.3) is 0 Å². The van der Waals surface area contributed by atoms with Crippen molar-refractivity contribution in [3.8, 4) is 33.6 Å². The minimum atomic E-state index is -0.217. The Balaban J connectivity index is 1.06. The zero-order valence-corrected chi connectivity index (χ0v) is 32.9. The predicted octanol–water partition coefficient (Wildman–Crippen LogP) is 14.5. The van der Waals surface area contributed by atoms with Gasteiger partial charge in [-0.3, -0.25) is 0 Å². The van der Waals surface area contributed by atoms with Gasteiger partial charge in [-0.1, -0.05) is 153 Å². The molecule has 2 heteroatoms. The molecule has 0 saturated heterocycles. The van der Waals surface area contributed by atoms with Gasteiger partial charge in [0.1, 0.15) is 0 Å². The van der Waals surface area contributed by atoms with Crippen LogP contribution in [0.5, 0.6) is 0 Å². The van der Waals surface area contributed by atoms with E-state index in [4.69, 9.17) is 0 Å². The average molecular weight is 743 g/mol. The fourth-order valence-electron chi connectivity index (χ4n) is 11.1. The van der Waals surface area contributed by atoms with Gasteiger partial charge in [-0.05, 0) is 111 Å². The van der Waals surface area contributed by atoms with Gasteiger partial charge in [-0.2, -0.15) is 0 Å². The summed E-state index contributed by atoms with van der Waals surface area (Å²) in [6.07, 6.45) is 4.96. The highest BCUT2D eigenvalue weighted by atomic mass is 15.0. The van der Waals surface area contributed by atoms with E-state index in [1.54, 1.807) is 0 Å². The Labute approximate surface area is 339 Å². The topological polar surface area (TPSA) is 9.86 Å². The Bertz CT molecular complexity index is 3320. The van der Waals surface area contributed by atoms with Gasteiger partial charge < -0.3 is 9.13 Å². The molecule has 0 aliphatic heterocycles. The zero-order chi connectivity index (χ0) is 38.8. The summed E-state index contributed by atoms with van der Waals surface area (Å²) >= 11 is 0. The van der Waals surface area contributed by atoms with Gasteiger partial charge in [-0.25, -0.2) is 0 Å². The number of benzene rings is 8. The van der Waals surface area contributed by atoms with E-state index in [1.807, 2.05) is 0 Å². The second-order valence-electron chi connectivity index (χ2n) is 17.2.